The van der Waals surface area contributed by atoms with Crippen LogP contribution in [0.3, 0.4) is 0 Å². The van der Waals surface area contributed by atoms with E-state index in [1.54, 1.807) is 0 Å². The van der Waals surface area contributed by atoms with Gasteiger partial charge < -0.3 is 9.47 Å². The zero-order valence-corrected chi connectivity index (χ0v) is 13.8. The van der Waals surface area contributed by atoms with E-state index in [0.29, 0.717) is 0 Å². The van der Waals surface area contributed by atoms with Crippen LogP contribution in [0.2, 0.25) is 0 Å². The predicted octanol–water partition coefficient (Wildman–Crippen LogP) is 4.59. The molecule has 0 saturated carbocycles. The highest BCUT2D eigenvalue weighted by Crippen LogP contribution is 2.25. The first kappa shape index (κ1) is 15.9. The normalized spacial score (nSPS) is 18.6. The molecule has 1 aliphatic heterocycles. The highest BCUT2D eigenvalue weighted by Gasteiger charge is 2.15. The van der Waals surface area contributed by atoms with Gasteiger partial charge in [0.15, 0.2) is 0 Å². The van der Waals surface area contributed by atoms with Crippen LogP contribution in [-0.2, 0) is 0 Å². The predicted molar refractivity (Wildman–Crippen MR) is 93.3 cm³/mol. The fourth-order valence-corrected chi connectivity index (χ4v) is 3.03. The molecule has 0 bridgehead atoms. The number of benzene rings is 2. The van der Waals surface area contributed by atoms with Gasteiger partial charge in [-0.2, -0.15) is 0 Å². The Hall–Kier alpha value is -2.00. The first-order valence-corrected chi connectivity index (χ1v) is 8.48. The molecule has 1 saturated heterocycles. The van der Waals surface area contributed by atoms with Crippen LogP contribution >= 0.6 is 0 Å². The van der Waals surface area contributed by atoms with Crippen molar-refractivity contribution < 1.29 is 9.47 Å². The Morgan fingerprint density at radius 2 is 1.78 bits per heavy atom. The third-order valence-electron chi connectivity index (χ3n) is 4.20. The van der Waals surface area contributed by atoms with Crippen LogP contribution in [0.4, 0.5) is 0 Å². The SMILES string of the molecule is C[C@H]1CCCN(CCOc2cccc(Oc3ccccc3)c2)C1. The largest absolute Gasteiger partial charge is 0.492 e. The Balaban J connectivity index is 1.49. The zero-order valence-electron chi connectivity index (χ0n) is 13.8. The molecule has 3 heteroatoms. The van der Waals surface area contributed by atoms with E-state index in [-0.39, 0.29) is 0 Å². The molecule has 0 unspecified atom stereocenters. The molecule has 0 amide bonds. The van der Waals surface area contributed by atoms with E-state index < -0.39 is 0 Å². The summed E-state index contributed by atoms with van der Waals surface area (Å²) in [7, 11) is 0. The molecule has 2 aromatic carbocycles. The maximum Gasteiger partial charge on any atom is 0.131 e. The molecular weight excluding hydrogens is 286 g/mol. The van der Waals surface area contributed by atoms with Gasteiger partial charge in [-0.15, -0.1) is 0 Å². The van der Waals surface area contributed by atoms with Crippen molar-refractivity contribution in [3.8, 4) is 17.2 Å². The first-order chi connectivity index (χ1) is 11.3. The van der Waals surface area contributed by atoms with Crippen LogP contribution < -0.4 is 9.47 Å². The number of hydrogen-bond acceptors (Lipinski definition) is 3. The fraction of sp³-hybridized carbons (Fsp3) is 0.400. The van der Waals surface area contributed by atoms with Gasteiger partial charge in [-0.25, -0.2) is 0 Å². The monoisotopic (exact) mass is 311 g/mol. The average molecular weight is 311 g/mol. The van der Waals surface area contributed by atoms with Crippen LogP contribution in [0.1, 0.15) is 19.8 Å². The summed E-state index contributed by atoms with van der Waals surface area (Å²) in [5.41, 5.74) is 0. The number of likely N-dealkylation sites (tertiary alicyclic amines) is 1. The minimum absolute atomic E-state index is 0.724. The second-order valence-corrected chi connectivity index (χ2v) is 6.29. The Morgan fingerprint density at radius 3 is 2.61 bits per heavy atom. The molecule has 1 fully saturated rings. The summed E-state index contributed by atoms with van der Waals surface area (Å²) in [6.45, 7) is 6.44. The molecule has 0 aliphatic carbocycles. The van der Waals surface area contributed by atoms with E-state index in [9.17, 15) is 0 Å². The van der Waals surface area contributed by atoms with Gasteiger partial charge in [-0.1, -0.05) is 31.2 Å². The molecule has 1 aliphatic rings. The van der Waals surface area contributed by atoms with Crippen LogP contribution in [0.5, 0.6) is 17.2 Å². The van der Waals surface area contributed by atoms with Gasteiger partial charge in [0.25, 0.3) is 0 Å². The molecule has 23 heavy (non-hydrogen) atoms. The Kier molecular flexibility index (Phi) is 5.54. The van der Waals surface area contributed by atoms with Crippen molar-refractivity contribution in [3.05, 3.63) is 54.6 Å². The molecule has 3 nitrogen and oxygen atoms in total. The summed E-state index contributed by atoms with van der Waals surface area (Å²) in [4.78, 5) is 2.50. The number of ether oxygens (including phenoxy) is 2. The minimum atomic E-state index is 0.724. The topological polar surface area (TPSA) is 21.7 Å². The molecule has 0 radical (unpaired) electrons. The maximum absolute atomic E-state index is 5.90. The lowest BCUT2D eigenvalue weighted by atomic mass is 10.0. The van der Waals surface area contributed by atoms with Gasteiger partial charge in [0.05, 0.1) is 0 Å². The summed E-state index contributed by atoms with van der Waals surface area (Å²) in [6, 6.07) is 17.7. The first-order valence-electron chi connectivity index (χ1n) is 8.48. The maximum atomic E-state index is 5.90. The van der Waals surface area contributed by atoms with Crippen LogP contribution in [0, 0.1) is 5.92 Å². The van der Waals surface area contributed by atoms with E-state index in [4.69, 9.17) is 9.47 Å². The minimum Gasteiger partial charge on any atom is -0.492 e. The van der Waals surface area contributed by atoms with Crippen molar-refractivity contribution in [2.45, 2.75) is 19.8 Å². The summed E-state index contributed by atoms with van der Waals surface area (Å²) in [5, 5.41) is 0. The number of rotatable bonds is 6. The average Bonchev–Trinajstić information content (AvgIpc) is 2.56. The molecule has 0 aromatic heterocycles. The van der Waals surface area contributed by atoms with E-state index in [1.165, 1.54) is 25.9 Å². The molecular formula is C20H25NO2. The Morgan fingerprint density at radius 1 is 1.00 bits per heavy atom. The van der Waals surface area contributed by atoms with Crippen molar-refractivity contribution in [1.82, 2.24) is 4.90 Å². The van der Waals surface area contributed by atoms with Crippen molar-refractivity contribution >= 4 is 0 Å². The zero-order chi connectivity index (χ0) is 15.9. The van der Waals surface area contributed by atoms with Crippen LogP contribution in [-0.4, -0.2) is 31.1 Å². The highest BCUT2D eigenvalue weighted by molar-refractivity contribution is 5.36. The molecule has 1 atom stereocenters. The van der Waals surface area contributed by atoms with Crippen molar-refractivity contribution in [2.24, 2.45) is 5.92 Å². The van der Waals surface area contributed by atoms with Gasteiger partial charge in [-0.05, 0) is 49.6 Å². The van der Waals surface area contributed by atoms with Gasteiger partial charge in [0, 0.05) is 19.2 Å². The van der Waals surface area contributed by atoms with Crippen molar-refractivity contribution in [2.75, 3.05) is 26.2 Å². The number of hydrogen-bond donors (Lipinski definition) is 0. The van der Waals surface area contributed by atoms with Gasteiger partial charge in [-0.3, -0.25) is 4.90 Å². The number of piperidine rings is 1. The highest BCUT2D eigenvalue weighted by atomic mass is 16.5. The van der Waals surface area contributed by atoms with E-state index in [0.717, 1.165) is 36.3 Å². The number of para-hydroxylation sites is 1. The number of nitrogens with zero attached hydrogens (tertiary/aromatic N) is 1. The summed E-state index contributed by atoms with van der Waals surface area (Å²) in [6.07, 6.45) is 2.66. The van der Waals surface area contributed by atoms with Gasteiger partial charge in [0.1, 0.15) is 23.9 Å². The fourth-order valence-electron chi connectivity index (χ4n) is 3.03. The molecule has 0 N–H and O–H groups in total. The summed E-state index contributed by atoms with van der Waals surface area (Å²) >= 11 is 0. The second-order valence-electron chi connectivity index (χ2n) is 6.29. The smallest absolute Gasteiger partial charge is 0.131 e. The Labute approximate surface area is 138 Å². The lowest BCUT2D eigenvalue weighted by molar-refractivity contribution is 0.153. The molecule has 0 spiro atoms. The van der Waals surface area contributed by atoms with Gasteiger partial charge >= 0.3 is 0 Å². The molecule has 3 rings (SSSR count). The standard InChI is InChI=1S/C20H25NO2/c1-17-7-6-12-21(16-17)13-14-22-19-10-5-11-20(15-19)23-18-8-3-2-4-9-18/h2-5,8-11,15,17H,6-7,12-14,16H2,1H3/t17-/m0/s1. The second kappa shape index (κ2) is 8.02. The van der Waals surface area contributed by atoms with E-state index in [1.807, 2.05) is 54.6 Å². The lowest BCUT2D eigenvalue weighted by Gasteiger charge is -2.30. The van der Waals surface area contributed by atoms with Gasteiger partial charge in [0.2, 0.25) is 0 Å². The summed E-state index contributed by atoms with van der Waals surface area (Å²) in [5.74, 6) is 3.32. The third-order valence-corrected chi connectivity index (χ3v) is 4.20. The van der Waals surface area contributed by atoms with Crippen molar-refractivity contribution in [1.29, 1.82) is 0 Å². The third kappa shape index (κ3) is 5.00. The molecule has 1 heterocycles. The van der Waals surface area contributed by atoms with Crippen molar-refractivity contribution in [3.63, 3.8) is 0 Å². The molecule has 122 valence electrons. The quantitative estimate of drug-likeness (QED) is 0.779. The lowest BCUT2D eigenvalue weighted by Crippen LogP contribution is -2.37. The van der Waals surface area contributed by atoms with Crippen LogP contribution in [0.25, 0.3) is 0 Å². The summed E-state index contributed by atoms with van der Waals surface area (Å²) < 4.78 is 11.7. The van der Waals surface area contributed by atoms with E-state index >= 15 is 0 Å². The Bertz CT molecular complexity index is 600. The molecule has 2 aromatic rings. The van der Waals surface area contributed by atoms with Crippen LogP contribution in [0.15, 0.2) is 54.6 Å². The van der Waals surface area contributed by atoms with E-state index in [2.05, 4.69) is 11.8 Å².